The Morgan fingerprint density at radius 1 is 1.75 bits per heavy atom. The number of rotatable bonds is 1. The van der Waals surface area contributed by atoms with Crippen LogP contribution in [0.4, 0.5) is 0 Å². The molecule has 42 valence electrons. The number of nitrogens with one attached hydrogen (secondary N) is 1. The van der Waals surface area contributed by atoms with Crippen LogP contribution in [0.25, 0.3) is 0 Å². The molecule has 3 N–H and O–H groups in total. The largest absolute Gasteiger partial charge is 0.367 e. The molecule has 0 aromatic carbocycles. The molecule has 0 fully saturated rings. The molecule has 8 heavy (non-hydrogen) atoms. The Hall–Kier alpha value is -1.25. The van der Waals surface area contributed by atoms with Crippen LogP contribution in [0.3, 0.4) is 0 Å². The van der Waals surface area contributed by atoms with Crippen LogP contribution in [0.1, 0.15) is 10.4 Å². The van der Waals surface area contributed by atoms with E-state index < -0.39 is 5.91 Å². The Morgan fingerprint density at radius 3 is 2.75 bits per heavy atom. The van der Waals surface area contributed by atoms with Crippen LogP contribution < -0.4 is 5.73 Å². The molecule has 0 aliphatic rings. The van der Waals surface area contributed by atoms with Gasteiger partial charge in [-0.15, -0.1) is 0 Å². The van der Waals surface area contributed by atoms with Crippen molar-refractivity contribution in [2.24, 2.45) is 5.73 Å². The molecule has 0 saturated heterocycles. The van der Waals surface area contributed by atoms with Gasteiger partial charge in [0.1, 0.15) is 0 Å². The van der Waals surface area contributed by atoms with E-state index in [-0.39, 0.29) is 0 Å². The molecule has 0 unspecified atom stereocenters. The van der Waals surface area contributed by atoms with Crippen molar-refractivity contribution in [1.29, 1.82) is 0 Å². The number of nitrogens with two attached hydrogens (primary N) is 1. The highest BCUT2D eigenvalue weighted by Crippen LogP contribution is 1.91. The Balaban J connectivity index is 2.93. The molecule has 0 radical (unpaired) electrons. The van der Waals surface area contributed by atoms with E-state index >= 15 is 0 Å². The van der Waals surface area contributed by atoms with E-state index in [9.17, 15) is 4.79 Å². The molecule has 0 spiro atoms. The zero-order valence-electron chi connectivity index (χ0n) is 4.22. The lowest BCUT2D eigenvalue weighted by Gasteiger charge is -1.80. The van der Waals surface area contributed by atoms with Crippen molar-refractivity contribution in [1.82, 2.24) is 4.98 Å². The van der Waals surface area contributed by atoms with Gasteiger partial charge in [-0.1, -0.05) is 0 Å². The van der Waals surface area contributed by atoms with Crippen LogP contribution in [0, 0.1) is 0 Å². The third-order valence-corrected chi connectivity index (χ3v) is 0.882. The second-order valence-electron chi connectivity index (χ2n) is 1.46. The number of amides is 1. The molecule has 0 aliphatic heterocycles. The first kappa shape index (κ1) is 4.90. The maximum Gasteiger partial charge on any atom is 0.250 e. The van der Waals surface area contributed by atoms with Crippen molar-refractivity contribution in [2.45, 2.75) is 0 Å². The molecule has 1 heterocycles. The number of H-pyrrole nitrogens is 1. The number of hydrogen-bond donors (Lipinski definition) is 2. The van der Waals surface area contributed by atoms with Gasteiger partial charge in [-0.25, -0.2) is 0 Å². The lowest BCUT2D eigenvalue weighted by Crippen LogP contribution is -2.08. The van der Waals surface area contributed by atoms with E-state index in [4.69, 9.17) is 5.73 Å². The molecule has 1 rings (SSSR count). The van der Waals surface area contributed by atoms with Crippen LogP contribution in [-0.4, -0.2) is 10.9 Å². The molecular formula is C5H6N2O. The summed E-state index contributed by atoms with van der Waals surface area (Å²) in [7, 11) is 0. The number of aromatic nitrogens is 1. The first-order chi connectivity index (χ1) is 3.80. The van der Waals surface area contributed by atoms with Crippen molar-refractivity contribution < 1.29 is 4.79 Å². The van der Waals surface area contributed by atoms with E-state index in [2.05, 4.69) is 4.98 Å². The normalized spacial score (nSPS) is 9.00. The van der Waals surface area contributed by atoms with Gasteiger partial charge in [0, 0.05) is 12.4 Å². The molecule has 3 heteroatoms. The van der Waals surface area contributed by atoms with Crippen LogP contribution in [0.5, 0.6) is 0 Å². The lowest BCUT2D eigenvalue weighted by atomic mass is 10.3. The molecule has 1 aromatic rings. The zero-order chi connectivity index (χ0) is 5.98. The average Bonchev–Trinajstić information content (AvgIpc) is 2.12. The number of hydrogen-bond acceptors (Lipinski definition) is 1. The summed E-state index contributed by atoms with van der Waals surface area (Å²) in [4.78, 5) is 13.0. The highest BCUT2D eigenvalue weighted by molar-refractivity contribution is 5.92. The maximum absolute atomic E-state index is 10.3. The fraction of sp³-hybridized carbons (Fsp3) is 0. The quantitative estimate of drug-likeness (QED) is 0.529. The van der Waals surface area contributed by atoms with Crippen molar-refractivity contribution in [3.05, 3.63) is 24.0 Å². The minimum atomic E-state index is -0.397. The first-order valence-corrected chi connectivity index (χ1v) is 2.23. The molecule has 1 aromatic heterocycles. The molecule has 0 bridgehead atoms. The summed E-state index contributed by atoms with van der Waals surface area (Å²) in [6, 6.07) is 1.63. The molecular weight excluding hydrogens is 104 g/mol. The molecule has 3 nitrogen and oxygen atoms in total. The standard InChI is InChI=1S/C5H6N2O/c6-5(8)4-1-2-7-3-4/h1-3,7H,(H2,6,8). The average molecular weight is 110 g/mol. The Bertz CT molecular complexity index is 178. The molecule has 0 aliphatic carbocycles. The number of carbonyl (C=O) groups is 1. The number of aromatic amines is 1. The van der Waals surface area contributed by atoms with Gasteiger partial charge in [-0.3, -0.25) is 4.79 Å². The van der Waals surface area contributed by atoms with Gasteiger partial charge in [0.05, 0.1) is 5.56 Å². The van der Waals surface area contributed by atoms with Gasteiger partial charge < -0.3 is 10.7 Å². The highest BCUT2D eigenvalue weighted by atomic mass is 16.1. The predicted molar refractivity (Wildman–Crippen MR) is 29.3 cm³/mol. The molecule has 0 saturated carbocycles. The third-order valence-electron chi connectivity index (χ3n) is 0.882. The number of primary amides is 1. The lowest BCUT2D eigenvalue weighted by molar-refractivity contribution is 0.100. The maximum atomic E-state index is 10.3. The fourth-order valence-electron chi connectivity index (χ4n) is 0.477. The highest BCUT2D eigenvalue weighted by Gasteiger charge is 1.95. The van der Waals surface area contributed by atoms with Gasteiger partial charge in [0.25, 0.3) is 0 Å². The van der Waals surface area contributed by atoms with E-state index in [1.165, 1.54) is 0 Å². The van der Waals surface area contributed by atoms with Crippen LogP contribution >= 0.6 is 0 Å². The number of carbonyl (C=O) groups excluding carboxylic acids is 1. The van der Waals surface area contributed by atoms with Crippen molar-refractivity contribution in [3.63, 3.8) is 0 Å². The second kappa shape index (κ2) is 1.69. The van der Waals surface area contributed by atoms with Crippen LogP contribution in [-0.2, 0) is 0 Å². The van der Waals surface area contributed by atoms with Gasteiger partial charge in [-0.2, -0.15) is 0 Å². The summed E-state index contributed by atoms with van der Waals surface area (Å²) in [5.41, 5.74) is 5.42. The van der Waals surface area contributed by atoms with E-state index in [0.717, 1.165) is 0 Å². The smallest absolute Gasteiger partial charge is 0.250 e. The summed E-state index contributed by atoms with van der Waals surface area (Å²) < 4.78 is 0. The molecule has 1 amide bonds. The van der Waals surface area contributed by atoms with Crippen molar-refractivity contribution in [2.75, 3.05) is 0 Å². The summed E-state index contributed by atoms with van der Waals surface area (Å²) in [5.74, 6) is -0.397. The van der Waals surface area contributed by atoms with Crippen molar-refractivity contribution in [3.8, 4) is 0 Å². The van der Waals surface area contributed by atoms with E-state index in [0.29, 0.717) is 5.56 Å². The topological polar surface area (TPSA) is 58.9 Å². The summed E-state index contributed by atoms with van der Waals surface area (Å²) >= 11 is 0. The van der Waals surface area contributed by atoms with E-state index in [1.54, 1.807) is 18.5 Å². The molecule has 0 atom stereocenters. The van der Waals surface area contributed by atoms with Gasteiger partial charge in [0.2, 0.25) is 5.91 Å². The third kappa shape index (κ3) is 0.703. The monoisotopic (exact) mass is 110 g/mol. The Morgan fingerprint density at radius 2 is 2.50 bits per heavy atom. The van der Waals surface area contributed by atoms with E-state index in [1.807, 2.05) is 0 Å². The summed E-state index contributed by atoms with van der Waals surface area (Å²) in [5, 5.41) is 0. The first-order valence-electron chi connectivity index (χ1n) is 2.23. The minimum Gasteiger partial charge on any atom is -0.367 e. The van der Waals surface area contributed by atoms with Gasteiger partial charge >= 0.3 is 0 Å². The Kier molecular flexibility index (Phi) is 1.04. The minimum absolute atomic E-state index is 0.397. The van der Waals surface area contributed by atoms with Gasteiger partial charge in [-0.05, 0) is 6.07 Å². The summed E-state index contributed by atoms with van der Waals surface area (Å²) in [6.07, 6.45) is 3.21. The SMILES string of the molecule is NC(=O)c1cc[nH]c1. The fourth-order valence-corrected chi connectivity index (χ4v) is 0.477. The van der Waals surface area contributed by atoms with Crippen LogP contribution in [0.2, 0.25) is 0 Å². The Labute approximate surface area is 46.5 Å². The summed E-state index contributed by atoms with van der Waals surface area (Å²) in [6.45, 7) is 0. The zero-order valence-corrected chi connectivity index (χ0v) is 4.22. The second-order valence-corrected chi connectivity index (χ2v) is 1.46. The van der Waals surface area contributed by atoms with Crippen molar-refractivity contribution >= 4 is 5.91 Å². The van der Waals surface area contributed by atoms with Crippen LogP contribution in [0.15, 0.2) is 18.5 Å². The van der Waals surface area contributed by atoms with Gasteiger partial charge in [0.15, 0.2) is 0 Å². The predicted octanol–water partition coefficient (Wildman–Crippen LogP) is 0.114.